The lowest BCUT2D eigenvalue weighted by molar-refractivity contribution is -0.221. The third-order valence-corrected chi connectivity index (χ3v) is 13.5. The van der Waals surface area contributed by atoms with Crippen molar-refractivity contribution in [1.82, 2.24) is 5.32 Å². The van der Waals surface area contributed by atoms with Gasteiger partial charge in [-0.15, -0.1) is 0 Å². The number of allylic oxidation sites excluding steroid dienone is 2. The van der Waals surface area contributed by atoms with E-state index in [-0.39, 0.29) is 75.4 Å². The fourth-order valence-electron chi connectivity index (χ4n) is 11.1. The molecule has 4 saturated carbocycles. The Kier molecular flexibility index (Phi) is 6.47. The summed E-state index contributed by atoms with van der Waals surface area (Å²) in [7, 11) is 0. The minimum Gasteiger partial charge on any atom is -0.349 e. The first kappa shape index (κ1) is 29.2. The normalized spacial score (nSPS) is 45.0. The van der Waals surface area contributed by atoms with Gasteiger partial charge in [-0.25, -0.2) is 4.85 Å². The number of Topliss-reactive ketones (excluding diaryl/α,β-unsaturated/α-hetero) is 3. The molecule has 0 saturated heterocycles. The third-order valence-electron chi connectivity index (χ3n) is 13.5. The van der Waals surface area contributed by atoms with Crippen molar-refractivity contribution in [3.8, 4) is 0 Å². The van der Waals surface area contributed by atoms with Gasteiger partial charge in [-0.3, -0.25) is 14.4 Å². The van der Waals surface area contributed by atoms with Crippen molar-refractivity contribution in [3.63, 3.8) is 0 Å². The number of hydrogen-bond donors (Lipinski definition) is 1. The molecule has 218 valence electrons. The smallest absolute Gasteiger partial charge is 0.226 e. The summed E-state index contributed by atoms with van der Waals surface area (Å²) in [4.78, 5) is 57.2. The lowest BCUT2D eigenvalue weighted by Crippen LogP contribution is -2.69. The van der Waals surface area contributed by atoms with Crippen LogP contribution in [0.15, 0.2) is 11.8 Å². The van der Waals surface area contributed by atoms with Crippen LogP contribution in [-0.4, -0.2) is 29.8 Å². The summed E-state index contributed by atoms with van der Waals surface area (Å²) in [6.07, 6.45) is 8.34. The highest BCUT2D eigenvalue weighted by Gasteiger charge is 2.72. The third kappa shape index (κ3) is 3.71. The highest BCUT2D eigenvalue weighted by atomic mass is 16.2. The molecule has 1 N–H and O–H groups in total. The number of carbonyl (C=O) groups is 4. The fourth-order valence-corrected chi connectivity index (χ4v) is 11.1. The van der Waals surface area contributed by atoms with E-state index in [0.29, 0.717) is 6.42 Å². The lowest BCUT2D eigenvalue weighted by Gasteiger charge is -2.72. The Bertz CT molecular complexity index is 1250. The van der Waals surface area contributed by atoms with Gasteiger partial charge in [-0.05, 0) is 84.4 Å². The molecule has 0 aliphatic heterocycles. The van der Waals surface area contributed by atoms with Crippen molar-refractivity contribution >= 4 is 23.3 Å². The SMILES string of the molecule is [C-]#[N+]C1=C[C@]2(C)[C@H]3CC(=O)[C@@H]4[C@@H]5CC(C)(C)CC[C@]5(C(=O)CNC(C)=O)CC[C@@]4(C)[C@]3(C)CC[C@H]2C(C)(C)C1=O. The van der Waals surface area contributed by atoms with Gasteiger partial charge in [0.05, 0.1) is 13.1 Å². The Morgan fingerprint density at radius 3 is 2.23 bits per heavy atom. The zero-order chi connectivity index (χ0) is 29.7. The molecule has 4 fully saturated rings. The summed E-state index contributed by atoms with van der Waals surface area (Å²) in [6.45, 7) is 24.7. The molecule has 40 heavy (non-hydrogen) atoms. The van der Waals surface area contributed by atoms with Crippen LogP contribution >= 0.6 is 0 Å². The largest absolute Gasteiger partial charge is 0.349 e. The van der Waals surface area contributed by atoms with Crippen molar-refractivity contribution in [2.75, 3.05) is 6.54 Å². The number of fused-ring (bicyclic) bond motifs is 7. The quantitative estimate of drug-likeness (QED) is 0.417. The molecule has 0 heterocycles. The van der Waals surface area contributed by atoms with Gasteiger partial charge < -0.3 is 10.1 Å². The number of ketones is 3. The van der Waals surface area contributed by atoms with Crippen molar-refractivity contribution < 1.29 is 19.2 Å². The van der Waals surface area contributed by atoms with E-state index >= 15 is 0 Å². The van der Waals surface area contributed by atoms with Crippen LogP contribution in [0.25, 0.3) is 4.85 Å². The summed E-state index contributed by atoms with van der Waals surface area (Å²) in [6, 6.07) is 0. The van der Waals surface area contributed by atoms with Gasteiger partial charge in [0.15, 0.2) is 11.6 Å². The molecule has 5 aliphatic carbocycles. The number of amides is 1. The zero-order valence-electron chi connectivity index (χ0n) is 25.8. The number of rotatable bonds is 3. The molecular weight excluding hydrogens is 500 g/mol. The van der Waals surface area contributed by atoms with Crippen molar-refractivity contribution in [1.29, 1.82) is 0 Å². The van der Waals surface area contributed by atoms with Crippen molar-refractivity contribution in [2.45, 2.75) is 107 Å². The number of nitrogens with one attached hydrogen (secondary N) is 1. The first-order chi connectivity index (χ1) is 18.4. The summed E-state index contributed by atoms with van der Waals surface area (Å²) < 4.78 is 0. The van der Waals surface area contributed by atoms with Crippen molar-refractivity contribution in [2.24, 2.45) is 56.2 Å². The maximum Gasteiger partial charge on any atom is 0.226 e. The summed E-state index contributed by atoms with van der Waals surface area (Å²) in [5.41, 5.74) is -1.80. The van der Waals surface area contributed by atoms with Crippen LogP contribution in [-0.2, 0) is 19.2 Å². The van der Waals surface area contributed by atoms with Crippen LogP contribution in [0.5, 0.6) is 0 Å². The van der Waals surface area contributed by atoms with Crippen LogP contribution in [0.4, 0.5) is 0 Å². The molecule has 0 radical (unpaired) electrons. The van der Waals surface area contributed by atoms with E-state index in [0.717, 1.165) is 44.9 Å². The second-order valence-corrected chi connectivity index (χ2v) is 16.1. The lowest BCUT2D eigenvalue weighted by atomic mass is 9.31. The number of nitrogens with zero attached hydrogens (tertiary/aromatic N) is 1. The van der Waals surface area contributed by atoms with Crippen LogP contribution in [0.2, 0.25) is 0 Å². The molecular formula is C34H48N2O4. The molecule has 5 aliphatic rings. The summed E-state index contributed by atoms with van der Waals surface area (Å²) >= 11 is 0. The van der Waals surface area contributed by atoms with Gasteiger partial charge in [0, 0.05) is 30.1 Å². The van der Waals surface area contributed by atoms with E-state index in [1.165, 1.54) is 6.92 Å². The van der Waals surface area contributed by atoms with Crippen LogP contribution in [0.1, 0.15) is 107 Å². The number of hydrogen-bond acceptors (Lipinski definition) is 4. The Morgan fingerprint density at radius 2 is 1.60 bits per heavy atom. The highest BCUT2D eigenvalue weighted by Crippen LogP contribution is 2.75. The Labute approximate surface area is 240 Å². The van der Waals surface area contributed by atoms with E-state index in [9.17, 15) is 19.2 Å². The predicted octanol–water partition coefficient (Wildman–Crippen LogP) is 6.34. The molecule has 8 atom stereocenters. The van der Waals surface area contributed by atoms with Crippen LogP contribution < -0.4 is 5.32 Å². The molecule has 0 unspecified atom stereocenters. The molecule has 0 aromatic rings. The Morgan fingerprint density at radius 1 is 0.950 bits per heavy atom. The molecule has 1 amide bonds. The average molecular weight is 549 g/mol. The maximum absolute atomic E-state index is 14.6. The van der Waals surface area contributed by atoms with Gasteiger partial charge in [0.2, 0.25) is 11.6 Å². The predicted molar refractivity (Wildman–Crippen MR) is 154 cm³/mol. The van der Waals surface area contributed by atoms with Gasteiger partial charge in [0.1, 0.15) is 5.78 Å². The maximum atomic E-state index is 14.6. The first-order valence-electron chi connectivity index (χ1n) is 15.4. The molecule has 0 aromatic carbocycles. The van der Waals surface area contributed by atoms with E-state index in [1.807, 2.05) is 19.9 Å². The van der Waals surface area contributed by atoms with Crippen LogP contribution in [0, 0.1) is 62.7 Å². The van der Waals surface area contributed by atoms with E-state index in [1.54, 1.807) is 0 Å². The molecule has 0 aromatic heterocycles. The van der Waals surface area contributed by atoms with Crippen LogP contribution in [0.3, 0.4) is 0 Å². The number of carbonyl (C=O) groups excluding carboxylic acids is 4. The molecule has 0 spiro atoms. The Balaban J connectivity index is 1.61. The zero-order valence-corrected chi connectivity index (χ0v) is 25.8. The van der Waals surface area contributed by atoms with Gasteiger partial charge >= 0.3 is 0 Å². The van der Waals surface area contributed by atoms with Gasteiger partial charge in [-0.1, -0.05) is 54.5 Å². The highest BCUT2D eigenvalue weighted by molar-refractivity contribution is 6.02. The van der Waals surface area contributed by atoms with E-state index in [2.05, 4.69) is 44.8 Å². The molecule has 0 bridgehead atoms. The second kappa shape index (κ2) is 8.85. The van der Waals surface area contributed by atoms with E-state index < -0.39 is 16.2 Å². The monoisotopic (exact) mass is 548 g/mol. The van der Waals surface area contributed by atoms with E-state index in [4.69, 9.17) is 6.57 Å². The standard InChI is InChI=1S/C34H48N2O4/c1-20(37)36-19-26(39)34-14-12-29(2,3)17-21(34)27-23(38)16-25-31(6)18-22(35-9)28(40)30(4,5)24(31)10-11-32(25,7)33(27,8)13-15-34/h18,21,24-25,27H,10-17,19H2,1-8H3,(H,36,37)/t21-,24-,25+,27-,31-,32+,33+,34-/m0/s1. The summed E-state index contributed by atoms with van der Waals surface area (Å²) in [5, 5.41) is 2.76. The first-order valence-corrected chi connectivity index (χ1v) is 15.4. The topological polar surface area (TPSA) is 84.7 Å². The van der Waals surface area contributed by atoms with Gasteiger partial charge in [0.25, 0.3) is 0 Å². The summed E-state index contributed by atoms with van der Waals surface area (Å²) in [5.74, 6) is -0.0268. The average Bonchev–Trinajstić information content (AvgIpc) is 2.86. The molecule has 6 nitrogen and oxygen atoms in total. The second-order valence-electron chi connectivity index (χ2n) is 16.1. The van der Waals surface area contributed by atoms with Crippen molar-refractivity contribution in [3.05, 3.63) is 23.2 Å². The minimum absolute atomic E-state index is 0.0363. The molecule has 5 rings (SSSR count). The van der Waals surface area contributed by atoms with Gasteiger partial charge in [-0.2, -0.15) is 0 Å². The Hall–Kier alpha value is -2.29. The molecule has 6 heteroatoms. The fraction of sp³-hybridized carbons (Fsp3) is 0.794. The minimum atomic E-state index is -0.642.